The van der Waals surface area contributed by atoms with Crippen LogP contribution in [0.15, 0.2) is 18.2 Å². The first-order chi connectivity index (χ1) is 8.04. The van der Waals surface area contributed by atoms with Crippen molar-refractivity contribution in [1.29, 1.82) is 0 Å². The standard InChI is InChI=1S/C12H15NO4/c1-3-13-11(14)7-17-10-6-8(2)4-5-9(10)12(15)16/h4-6H,3,7H2,1-2H3,(H,13,14)(H,15,16). The number of hydrogen-bond donors (Lipinski definition) is 2. The minimum Gasteiger partial charge on any atom is -0.483 e. The van der Waals surface area contributed by atoms with E-state index in [4.69, 9.17) is 9.84 Å². The first-order valence-electron chi connectivity index (χ1n) is 5.28. The normalized spacial score (nSPS) is 9.76. The van der Waals surface area contributed by atoms with Gasteiger partial charge in [-0.2, -0.15) is 0 Å². The maximum absolute atomic E-state index is 11.2. The summed E-state index contributed by atoms with van der Waals surface area (Å²) in [5.74, 6) is -1.13. The number of nitrogens with one attached hydrogen (secondary N) is 1. The average Bonchev–Trinajstić information content (AvgIpc) is 2.26. The first kappa shape index (κ1) is 13.0. The summed E-state index contributed by atoms with van der Waals surface area (Å²) in [5.41, 5.74) is 0.931. The molecule has 5 heteroatoms. The molecule has 0 saturated carbocycles. The summed E-state index contributed by atoms with van der Waals surface area (Å²) in [4.78, 5) is 22.1. The van der Waals surface area contributed by atoms with E-state index >= 15 is 0 Å². The summed E-state index contributed by atoms with van der Waals surface area (Å²) in [6.07, 6.45) is 0. The molecule has 0 aliphatic heterocycles. The topological polar surface area (TPSA) is 75.6 Å². The molecule has 2 N–H and O–H groups in total. The molecule has 0 radical (unpaired) electrons. The number of carboxylic acids is 1. The van der Waals surface area contributed by atoms with Gasteiger partial charge < -0.3 is 15.2 Å². The van der Waals surface area contributed by atoms with Crippen molar-refractivity contribution >= 4 is 11.9 Å². The van der Waals surface area contributed by atoms with Crippen LogP contribution in [-0.4, -0.2) is 30.1 Å². The molecule has 0 heterocycles. The molecule has 0 aromatic heterocycles. The maximum Gasteiger partial charge on any atom is 0.339 e. The molecule has 0 atom stereocenters. The smallest absolute Gasteiger partial charge is 0.339 e. The highest BCUT2D eigenvalue weighted by Crippen LogP contribution is 2.20. The Morgan fingerprint density at radius 3 is 2.71 bits per heavy atom. The lowest BCUT2D eigenvalue weighted by atomic mass is 10.1. The van der Waals surface area contributed by atoms with E-state index in [0.717, 1.165) is 5.56 Å². The van der Waals surface area contributed by atoms with Gasteiger partial charge in [0.25, 0.3) is 5.91 Å². The Morgan fingerprint density at radius 2 is 2.12 bits per heavy atom. The molecular formula is C12H15NO4. The second-order valence-electron chi connectivity index (χ2n) is 3.55. The lowest BCUT2D eigenvalue weighted by Gasteiger charge is -2.09. The predicted molar refractivity (Wildman–Crippen MR) is 62.3 cm³/mol. The van der Waals surface area contributed by atoms with Gasteiger partial charge >= 0.3 is 5.97 Å². The number of benzene rings is 1. The monoisotopic (exact) mass is 237 g/mol. The van der Waals surface area contributed by atoms with E-state index in [9.17, 15) is 9.59 Å². The van der Waals surface area contributed by atoms with Gasteiger partial charge in [0.1, 0.15) is 11.3 Å². The second kappa shape index (κ2) is 5.89. The molecule has 1 amide bonds. The largest absolute Gasteiger partial charge is 0.483 e. The summed E-state index contributed by atoms with van der Waals surface area (Å²) in [7, 11) is 0. The zero-order valence-electron chi connectivity index (χ0n) is 9.82. The highest BCUT2D eigenvalue weighted by Gasteiger charge is 2.12. The summed E-state index contributed by atoms with van der Waals surface area (Å²) < 4.78 is 5.20. The minimum atomic E-state index is -1.07. The molecule has 17 heavy (non-hydrogen) atoms. The van der Waals surface area contributed by atoms with Gasteiger partial charge in [-0.3, -0.25) is 4.79 Å². The highest BCUT2D eigenvalue weighted by atomic mass is 16.5. The fraction of sp³-hybridized carbons (Fsp3) is 0.333. The second-order valence-corrected chi connectivity index (χ2v) is 3.55. The van der Waals surface area contributed by atoms with Crippen LogP contribution in [0.1, 0.15) is 22.8 Å². The Bertz CT molecular complexity index is 429. The van der Waals surface area contributed by atoms with Gasteiger partial charge in [-0.05, 0) is 31.5 Å². The van der Waals surface area contributed by atoms with Crippen LogP contribution in [0.3, 0.4) is 0 Å². The SMILES string of the molecule is CCNC(=O)COc1cc(C)ccc1C(=O)O. The molecule has 0 spiro atoms. The number of carboxylic acid groups (broad SMARTS) is 1. The molecule has 0 aliphatic rings. The average molecular weight is 237 g/mol. The minimum absolute atomic E-state index is 0.0555. The number of aromatic carboxylic acids is 1. The van der Waals surface area contributed by atoms with Crippen LogP contribution in [0, 0.1) is 6.92 Å². The van der Waals surface area contributed by atoms with Crippen molar-refractivity contribution in [2.24, 2.45) is 0 Å². The number of carbonyl (C=O) groups excluding carboxylic acids is 1. The molecule has 0 saturated heterocycles. The zero-order valence-corrected chi connectivity index (χ0v) is 9.82. The molecule has 0 fully saturated rings. The predicted octanol–water partition coefficient (Wildman–Crippen LogP) is 1.21. The van der Waals surface area contributed by atoms with Gasteiger partial charge in [-0.15, -0.1) is 0 Å². The third-order valence-electron chi connectivity index (χ3n) is 2.10. The van der Waals surface area contributed by atoms with Crippen LogP contribution in [0.25, 0.3) is 0 Å². The van der Waals surface area contributed by atoms with Gasteiger partial charge in [0.2, 0.25) is 0 Å². The van der Waals surface area contributed by atoms with Crippen LogP contribution >= 0.6 is 0 Å². The Morgan fingerprint density at radius 1 is 1.41 bits per heavy atom. The van der Waals surface area contributed by atoms with Crippen molar-refractivity contribution in [3.63, 3.8) is 0 Å². The molecule has 0 unspecified atom stereocenters. The summed E-state index contributed by atoms with van der Waals surface area (Å²) in [5, 5.41) is 11.5. The number of aryl methyl sites for hydroxylation is 1. The van der Waals surface area contributed by atoms with Crippen LogP contribution in [0.4, 0.5) is 0 Å². The maximum atomic E-state index is 11.2. The van der Waals surface area contributed by atoms with Crippen LogP contribution < -0.4 is 10.1 Å². The van der Waals surface area contributed by atoms with Crippen LogP contribution in [-0.2, 0) is 4.79 Å². The van der Waals surface area contributed by atoms with Crippen molar-refractivity contribution in [3.8, 4) is 5.75 Å². The van der Waals surface area contributed by atoms with Crippen molar-refractivity contribution in [2.45, 2.75) is 13.8 Å². The lowest BCUT2D eigenvalue weighted by molar-refractivity contribution is -0.123. The quantitative estimate of drug-likeness (QED) is 0.807. The van der Waals surface area contributed by atoms with E-state index in [2.05, 4.69) is 5.32 Å². The summed E-state index contributed by atoms with van der Waals surface area (Å²) >= 11 is 0. The molecule has 0 aliphatic carbocycles. The van der Waals surface area contributed by atoms with E-state index in [-0.39, 0.29) is 23.8 Å². The van der Waals surface area contributed by atoms with E-state index < -0.39 is 5.97 Å². The third-order valence-corrected chi connectivity index (χ3v) is 2.10. The molecular weight excluding hydrogens is 222 g/mol. The van der Waals surface area contributed by atoms with Gasteiger partial charge in [0.15, 0.2) is 6.61 Å². The highest BCUT2D eigenvalue weighted by molar-refractivity contribution is 5.91. The van der Waals surface area contributed by atoms with E-state index in [1.807, 2.05) is 6.92 Å². The van der Waals surface area contributed by atoms with Gasteiger partial charge in [-0.1, -0.05) is 6.07 Å². The number of rotatable bonds is 5. The Kier molecular flexibility index (Phi) is 4.51. The summed E-state index contributed by atoms with van der Waals surface area (Å²) in [6.45, 7) is 3.96. The summed E-state index contributed by atoms with van der Waals surface area (Å²) in [6, 6.07) is 4.75. The van der Waals surface area contributed by atoms with E-state index in [0.29, 0.717) is 6.54 Å². The van der Waals surface area contributed by atoms with Gasteiger partial charge in [0.05, 0.1) is 0 Å². The van der Waals surface area contributed by atoms with Crippen LogP contribution in [0.2, 0.25) is 0 Å². The number of ether oxygens (including phenoxy) is 1. The number of carbonyl (C=O) groups is 2. The molecule has 1 aromatic carbocycles. The van der Waals surface area contributed by atoms with Crippen molar-refractivity contribution < 1.29 is 19.4 Å². The lowest BCUT2D eigenvalue weighted by Crippen LogP contribution is -2.28. The van der Waals surface area contributed by atoms with E-state index in [1.54, 1.807) is 19.1 Å². The zero-order chi connectivity index (χ0) is 12.8. The Hall–Kier alpha value is -2.04. The van der Waals surface area contributed by atoms with Gasteiger partial charge in [0, 0.05) is 6.54 Å². The fourth-order valence-electron chi connectivity index (χ4n) is 1.32. The van der Waals surface area contributed by atoms with Crippen molar-refractivity contribution in [1.82, 2.24) is 5.32 Å². The molecule has 92 valence electrons. The number of amides is 1. The Labute approximate surface area is 99.4 Å². The van der Waals surface area contributed by atoms with E-state index in [1.165, 1.54) is 6.07 Å². The number of likely N-dealkylation sites (N-methyl/N-ethyl adjacent to an activating group) is 1. The molecule has 5 nitrogen and oxygen atoms in total. The third kappa shape index (κ3) is 3.79. The molecule has 1 aromatic rings. The Balaban J connectivity index is 2.78. The van der Waals surface area contributed by atoms with Gasteiger partial charge in [-0.25, -0.2) is 4.79 Å². The van der Waals surface area contributed by atoms with Crippen molar-refractivity contribution in [3.05, 3.63) is 29.3 Å². The van der Waals surface area contributed by atoms with Crippen molar-refractivity contribution in [2.75, 3.05) is 13.2 Å². The fourth-order valence-corrected chi connectivity index (χ4v) is 1.32. The molecule has 0 bridgehead atoms. The number of hydrogen-bond acceptors (Lipinski definition) is 3. The first-order valence-corrected chi connectivity index (χ1v) is 5.28. The molecule has 1 rings (SSSR count). The van der Waals surface area contributed by atoms with Crippen LogP contribution in [0.5, 0.6) is 5.75 Å².